The maximum absolute atomic E-state index is 11.6. The molecular formula is C11H8N2O2. The van der Waals surface area contributed by atoms with Gasteiger partial charge in [-0.25, -0.2) is 0 Å². The second-order valence-electron chi connectivity index (χ2n) is 3.02. The maximum Gasteiger partial charge on any atom is 0.256 e. The Bertz CT molecular complexity index is 532. The lowest BCUT2D eigenvalue weighted by Gasteiger charge is -1.99. The molecule has 0 aliphatic heterocycles. The Kier molecular flexibility index (Phi) is 2.41. The number of carbonyl (C=O) groups excluding carboxylic acids is 1. The summed E-state index contributed by atoms with van der Waals surface area (Å²) >= 11 is 0. The number of rotatable bonds is 2. The Morgan fingerprint density at radius 1 is 1.27 bits per heavy atom. The van der Waals surface area contributed by atoms with Gasteiger partial charge in [-0.1, -0.05) is 6.07 Å². The summed E-state index contributed by atoms with van der Waals surface area (Å²) in [5, 5.41) is 0. The molecule has 2 aromatic rings. The van der Waals surface area contributed by atoms with E-state index in [1.54, 1.807) is 36.7 Å². The molecule has 0 aliphatic rings. The van der Waals surface area contributed by atoms with E-state index >= 15 is 0 Å². The SMILES string of the molecule is O=Cc1ccc(-c2cccnc2)c(=O)[nH]1. The molecule has 0 saturated heterocycles. The topological polar surface area (TPSA) is 62.8 Å². The Balaban J connectivity index is 2.56. The van der Waals surface area contributed by atoms with Crippen LogP contribution in [0.5, 0.6) is 0 Å². The van der Waals surface area contributed by atoms with Gasteiger partial charge in [0.25, 0.3) is 5.56 Å². The van der Waals surface area contributed by atoms with Crippen molar-refractivity contribution >= 4 is 6.29 Å². The molecule has 2 rings (SSSR count). The van der Waals surface area contributed by atoms with Crippen molar-refractivity contribution in [1.29, 1.82) is 0 Å². The predicted molar refractivity (Wildman–Crippen MR) is 55.7 cm³/mol. The Hall–Kier alpha value is -2.23. The highest BCUT2D eigenvalue weighted by molar-refractivity contribution is 5.73. The third-order valence-corrected chi connectivity index (χ3v) is 2.03. The molecule has 0 aliphatic carbocycles. The first-order valence-corrected chi connectivity index (χ1v) is 4.40. The molecule has 1 N–H and O–H groups in total. The van der Waals surface area contributed by atoms with Gasteiger partial charge in [0.05, 0.1) is 5.69 Å². The molecule has 0 bridgehead atoms. The van der Waals surface area contributed by atoms with Gasteiger partial charge in [0.15, 0.2) is 6.29 Å². The second-order valence-corrected chi connectivity index (χ2v) is 3.02. The highest BCUT2D eigenvalue weighted by atomic mass is 16.1. The normalized spacial score (nSPS) is 9.87. The fourth-order valence-corrected chi connectivity index (χ4v) is 1.31. The lowest BCUT2D eigenvalue weighted by molar-refractivity contribution is 0.111. The molecule has 15 heavy (non-hydrogen) atoms. The van der Waals surface area contributed by atoms with Gasteiger partial charge in [-0.15, -0.1) is 0 Å². The first-order chi connectivity index (χ1) is 7.31. The predicted octanol–water partition coefficient (Wildman–Crippen LogP) is 1.25. The molecule has 0 radical (unpaired) electrons. The molecule has 0 atom stereocenters. The molecule has 0 aromatic carbocycles. The van der Waals surface area contributed by atoms with Crippen LogP contribution < -0.4 is 5.56 Å². The number of carbonyl (C=O) groups is 1. The van der Waals surface area contributed by atoms with Crippen molar-refractivity contribution in [2.75, 3.05) is 0 Å². The van der Waals surface area contributed by atoms with Crippen molar-refractivity contribution in [3.8, 4) is 11.1 Å². The van der Waals surface area contributed by atoms with Gasteiger partial charge in [0, 0.05) is 23.5 Å². The van der Waals surface area contributed by atoms with Crippen LogP contribution >= 0.6 is 0 Å². The number of H-pyrrole nitrogens is 1. The van der Waals surface area contributed by atoms with Crippen molar-refractivity contribution in [3.63, 3.8) is 0 Å². The number of nitrogens with zero attached hydrogens (tertiary/aromatic N) is 1. The number of nitrogens with one attached hydrogen (secondary N) is 1. The number of aldehydes is 1. The standard InChI is InChI=1S/C11H8N2O2/c14-7-9-3-4-10(11(15)13-9)8-2-1-5-12-6-8/h1-7H,(H,13,15). The maximum atomic E-state index is 11.6. The van der Waals surface area contributed by atoms with Crippen molar-refractivity contribution in [3.05, 3.63) is 52.7 Å². The zero-order valence-corrected chi connectivity index (χ0v) is 7.81. The van der Waals surface area contributed by atoms with E-state index in [0.29, 0.717) is 11.8 Å². The van der Waals surface area contributed by atoms with Crippen LogP contribution in [-0.2, 0) is 0 Å². The number of hydrogen-bond acceptors (Lipinski definition) is 3. The molecule has 0 fully saturated rings. The van der Waals surface area contributed by atoms with Crippen LogP contribution in [0.2, 0.25) is 0 Å². The van der Waals surface area contributed by atoms with E-state index in [1.807, 2.05) is 0 Å². The molecule has 2 aromatic heterocycles. The first-order valence-electron chi connectivity index (χ1n) is 4.40. The lowest BCUT2D eigenvalue weighted by atomic mass is 10.1. The van der Waals surface area contributed by atoms with E-state index < -0.39 is 0 Å². The van der Waals surface area contributed by atoms with E-state index in [4.69, 9.17) is 0 Å². The summed E-state index contributed by atoms with van der Waals surface area (Å²) in [5.41, 5.74) is 1.23. The van der Waals surface area contributed by atoms with Gasteiger partial charge >= 0.3 is 0 Å². The van der Waals surface area contributed by atoms with Gasteiger partial charge in [-0.2, -0.15) is 0 Å². The summed E-state index contributed by atoms with van der Waals surface area (Å²) in [6.45, 7) is 0. The van der Waals surface area contributed by atoms with Crippen LogP contribution in [0, 0.1) is 0 Å². The Morgan fingerprint density at radius 2 is 2.13 bits per heavy atom. The number of hydrogen-bond donors (Lipinski definition) is 1. The molecule has 74 valence electrons. The second kappa shape index (κ2) is 3.88. The fourth-order valence-electron chi connectivity index (χ4n) is 1.31. The van der Waals surface area contributed by atoms with Crippen LogP contribution in [0.4, 0.5) is 0 Å². The number of pyridine rings is 2. The van der Waals surface area contributed by atoms with E-state index in [0.717, 1.165) is 5.56 Å². The molecule has 0 amide bonds. The first kappa shape index (κ1) is 9.33. The smallest absolute Gasteiger partial charge is 0.256 e. The van der Waals surface area contributed by atoms with Crippen molar-refractivity contribution in [2.45, 2.75) is 0 Å². The summed E-state index contributed by atoms with van der Waals surface area (Å²) in [7, 11) is 0. The minimum Gasteiger partial charge on any atom is -0.319 e. The number of aromatic nitrogens is 2. The molecule has 0 saturated carbocycles. The summed E-state index contributed by atoms with van der Waals surface area (Å²) < 4.78 is 0. The average molecular weight is 200 g/mol. The Morgan fingerprint density at radius 3 is 2.73 bits per heavy atom. The molecule has 4 heteroatoms. The monoisotopic (exact) mass is 200 g/mol. The minimum absolute atomic E-state index is 0.271. The van der Waals surface area contributed by atoms with Gasteiger partial charge < -0.3 is 4.98 Å². The van der Waals surface area contributed by atoms with Crippen molar-refractivity contribution in [2.24, 2.45) is 0 Å². The van der Waals surface area contributed by atoms with Gasteiger partial charge in [-0.3, -0.25) is 14.6 Å². The summed E-state index contributed by atoms with van der Waals surface area (Å²) in [4.78, 5) is 28.4. The third kappa shape index (κ3) is 1.83. The van der Waals surface area contributed by atoms with E-state index in [-0.39, 0.29) is 11.3 Å². The fraction of sp³-hybridized carbons (Fsp3) is 0. The Labute approximate surface area is 85.6 Å². The lowest BCUT2D eigenvalue weighted by Crippen LogP contribution is -2.10. The quantitative estimate of drug-likeness (QED) is 0.742. The van der Waals surface area contributed by atoms with Gasteiger partial charge in [-0.05, 0) is 18.2 Å². The van der Waals surface area contributed by atoms with E-state index in [1.165, 1.54) is 0 Å². The summed E-state index contributed by atoms with van der Waals surface area (Å²) in [5.74, 6) is 0. The van der Waals surface area contributed by atoms with Crippen LogP contribution in [0.1, 0.15) is 10.5 Å². The third-order valence-electron chi connectivity index (χ3n) is 2.03. The molecule has 0 spiro atoms. The zero-order valence-electron chi connectivity index (χ0n) is 7.81. The van der Waals surface area contributed by atoms with Crippen LogP contribution in [-0.4, -0.2) is 16.3 Å². The number of aromatic amines is 1. The summed E-state index contributed by atoms with van der Waals surface area (Å²) in [6.07, 6.45) is 3.84. The van der Waals surface area contributed by atoms with E-state index in [9.17, 15) is 9.59 Å². The van der Waals surface area contributed by atoms with Crippen LogP contribution in [0.3, 0.4) is 0 Å². The zero-order chi connectivity index (χ0) is 10.7. The highest BCUT2D eigenvalue weighted by Crippen LogP contribution is 2.12. The van der Waals surface area contributed by atoms with Crippen molar-refractivity contribution in [1.82, 2.24) is 9.97 Å². The molecular weight excluding hydrogens is 192 g/mol. The largest absolute Gasteiger partial charge is 0.319 e. The van der Waals surface area contributed by atoms with Crippen molar-refractivity contribution < 1.29 is 4.79 Å². The van der Waals surface area contributed by atoms with Gasteiger partial charge in [0.2, 0.25) is 0 Å². The van der Waals surface area contributed by atoms with Gasteiger partial charge in [0.1, 0.15) is 0 Å². The van der Waals surface area contributed by atoms with Crippen LogP contribution in [0.15, 0.2) is 41.5 Å². The minimum atomic E-state index is -0.285. The highest BCUT2D eigenvalue weighted by Gasteiger charge is 2.02. The summed E-state index contributed by atoms with van der Waals surface area (Å²) in [6, 6.07) is 6.72. The molecule has 0 unspecified atom stereocenters. The average Bonchev–Trinajstić information content (AvgIpc) is 2.30. The van der Waals surface area contributed by atoms with E-state index in [2.05, 4.69) is 9.97 Å². The van der Waals surface area contributed by atoms with Crippen LogP contribution in [0.25, 0.3) is 11.1 Å². The molecule has 4 nitrogen and oxygen atoms in total. The molecule has 2 heterocycles.